The summed E-state index contributed by atoms with van der Waals surface area (Å²) in [5.74, 6) is -2.95. The van der Waals surface area contributed by atoms with Crippen LogP contribution >= 0.6 is 0 Å². The van der Waals surface area contributed by atoms with E-state index in [9.17, 15) is 29.1 Å². The maximum atomic E-state index is 14.3. The number of likely N-dealkylation sites (tertiary alicyclic amines) is 2. The monoisotopic (exact) mass is 694 g/mol. The second-order valence-electron chi connectivity index (χ2n) is 15.7. The van der Waals surface area contributed by atoms with Gasteiger partial charge in [0.05, 0.1) is 36.6 Å². The number of ether oxygens (including phenoxy) is 3. The summed E-state index contributed by atoms with van der Waals surface area (Å²) in [6, 6.07) is -2.53. The van der Waals surface area contributed by atoms with Gasteiger partial charge in [-0.2, -0.15) is 0 Å². The lowest BCUT2D eigenvalue weighted by molar-refractivity contribution is -0.152. The van der Waals surface area contributed by atoms with Gasteiger partial charge in [0.15, 0.2) is 0 Å². The average Bonchev–Trinajstić information content (AvgIpc) is 3.79. The fourth-order valence-corrected chi connectivity index (χ4v) is 8.17. The number of nitrogens with zero attached hydrogens (tertiary/aromatic N) is 3. The molecule has 3 aliphatic rings. The number of nitrogens with one attached hydrogen (secondary N) is 1. The normalized spacial score (nSPS) is 25.8. The third-order valence-electron chi connectivity index (χ3n) is 10.9. The van der Waals surface area contributed by atoms with Crippen LogP contribution in [0.15, 0.2) is 0 Å². The van der Waals surface area contributed by atoms with Crippen LogP contribution in [0.1, 0.15) is 100 Å². The van der Waals surface area contributed by atoms with Gasteiger partial charge in [0, 0.05) is 33.9 Å². The number of piperidine rings is 1. The van der Waals surface area contributed by atoms with E-state index in [1.807, 2.05) is 27.7 Å². The quantitative estimate of drug-likeness (QED) is 0.260. The predicted molar refractivity (Wildman–Crippen MR) is 184 cm³/mol. The molecule has 0 aromatic heterocycles. The molecular weight excluding hydrogens is 632 g/mol. The number of fused-ring (bicyclic) bond motifs is 2. The summed E-state index contributed by atoms with van der Waals surface area (Å²) in [4.78, 5) is 72.0. The minimum Gasteiger partial charge on any atom is -0.481 e. The zero-order valence-electron chi connectivity index (χ0n) is 31.6. The first kappa shape index (κ1) is 40.5. The first-order valence-corrected chi connectivity index (χ1v) is 18.0. The Morgan fingerprint density at radius 2 is 1.65 bits per heavy atom. The standard InChI is InChI=1S/C36H62N4O9/c1-12-21(4)29(26(47-10)19-27(41)39-17-13-14-25(39)31(48-11)22(5)34(44)45)38(9)33(43)28(20(2)3)37-32(42)30-23-15-16-24(18-23)40(30)35(46)49-36(6,7)8/h20-26,28-31H,12-19H2,1-11H3,(H,37,42)(H,44,45)/t21-,22+,23-,24+,25-,26+,28-,29-,30-,31+/m0/s1. The van der Waals surface area contributed by atoms with Gasteiger partial charge in [-0.1, -0.05) is 34.1 Å². The van der Waals surface area contributed by atoms with Crippen LogP contribution in [0.4, 0.5) is 4.79 Å². The third kappa shape index (κ3) is 9.25. The number of carbonyl (C=O) groups is 5. The molecule has 3 rings (SSSR count). The Hall–Kier alpha value is -2.93. The lowest BCUT2D eigenvalue weighted by Crippen LogP contribution is -2.61. The molecule has 2 aliphatic heterocycles. The van der Waals surface area contributed by atoms with E-state index >= 15 is 0 Å². The van der Waals surface area contributed by atoms with Gasteiger partial charge in [-0.05, 0) is 77.6 Å². The van der Waals surface area contributed by atoms with Crippen LogP contribution in [0.25, 0.3) is 0 Å². The number of methoxy groups -OCH3 is 2. The Balaban J connectivity index is 1.81. The molecule has 1 aliphatic carbocycles. The maximum Gasteiger partial charge on any atom is 0.411 e. The molecule has 1 saturated carbocycles. The molecule has 0 aromatic carbocycles. The van der Waals surface area contributed by atoms with Gasteiger partial charge < -0.3 is 34.4 Å². The summed E-state index contributed by atoms with van der Waals surface area (Å²) in [7, 11) is 4.69. The molecule has 2 saturated heterocycles. The van der Waals surface area contributed by atoms with E-state index < -0.39 is 53.9 Å². The molecule has 0 spiro atoms. The molecule has 10 atom stereocenters. The van der Waals surface area contributed by atoms with Crippen molar-refractivity contribution in [3.05, 3.63) is 0 Å². The highest BCUT2D eigenvalue weighted by Crippen LogP contribution is 2.43. The SMILES string of the molecule is CC[C@H](C)[C@@H]([C@@H](CC(=O)N1CCC[C@H]1[C@H](OC)[C@@H](C)C(=O)O)OC)N(C)C(=O)[C@@H](NC(=O)[C@@H]1[C@H]2CC[C@H](C2)N1C(=O)OC(C)(C)C)C(C)C. The second kappa shape index (κ2) is 16.9. The molecule has 2 heterocycles. The smallest absolute Gasteiger partial charge is 0.411 e. The molecule has 49 heavy (non-hydrogen) atoms. The predicted octanol–water partition coefficient (Wildman–Crippen LogP) is 3.92. The molecule has 0 unspecified atom stereocenters. The summed E-state index contributed by atoms with van der Waals surface area (Å²) in [5.41, 5.74) is -0.707. The van der Waals surface area contributed by atoms with Crippen molar-refractivity contribution in [2.24, 2.45) is 23.7 Å². The van der Waals surface area contributed by atoms with E-state index in [0.717, 1.165) is 25.7 Å². The minimum absolute atomic E-state index is 0.000476. The number of carboxylic acid groups (broad SMARTS) is 1. The van der Waals surface area contributed by atoms with Gasteiger partial charge in [0.25, 0.3) is 0 Å². The number of rotatable bonds is 15. The fraction of sp³-hybridized carbons (Fsp3) is 0.861. The molecular formula is C36H62N4O9. The summed E-state index contributed by atoms with van der Waals surface area (Å²) < 4.78 is 17.2. The zero-order valence-corrected chi connectivity index (χ0v) is 31.6. The van der Waals surface area contributed by atoms with Gasteiger partial charge >= 0.3 is 12.1 Å². The van der Waals surface area contributed by atoms with Crippen molar-refractivity contribution in [1.29, 1.82) is 0 Å². The van der Waals surface area contributed by atoms with Crippen molar-refractivity contribution in [3.63, 3.8) is 0 Å². The van der Waals surface area contributed by atoms with Gasteiger partial charge in [0.2, 0.25) is 17.7 Å². The topological polar surface area (TPSA) is 155 Å². The second-order valence-corrected chi connectivity index (χ2v) is 15.7. The lowest BCUT2D eigenvalue weighted by atomic mass is 9.89. The Labute approximate surface area is 292 Å². The Kier molecular flexibility index (Phi) is 13.9. The summed E-state index contributed by atoms with van der Waals surface area (Å²) >= 11 is 0. The zero-order chi connectivity index (χ0) is 37.0. The van der Waals surface area contributed by atoms with Crippen molar-refractivity contribution in [2.45, 2.75) is 148 Å². The molecule has 4 amide bonds. The molecule has 2 bridgehead atoms. The molecule has 13 heteroatoms. The third-order valence-corrected chi connectivity index (χ3v) is 10.9. The fourth-order valence-electron chi connectivity index (χ4n) is 8.17. The Bertz CT molecular complexity index is 1190. The molecule has 2 N–H and O–H groups in total. The van der Waals surface area contributed by atoms with Crippen LogP contribution in [0.5, 0.6) is 0 Å². The number of carbonyl (C=O) groups excluding carboxylic acids is 4. The van der Waals surface area contributed by atoms with Gasteiger partial charge in [-0.15, -0.1) is 0 Å². The number of aliphatic carboxylic acids is 1. The summed E-state index contributed by atoms with van der Waals surface area (Å²) in [5, 5.41) is 12.7. The maximum absolute atomic E-state index is 14.3. The Morgan fingerprint density at radius 3 is 2.18 bits per heavy atom. The van der Waals surface area contributed by atoms with Crippen LogP contribution in [-0.2, 0) is 33.4 Å². The molecule has 0 radical (unpaired) electrons. The van der Waals surface area contributed by atoms with Crippen LogP contribution in [0.3, 0.4) is 0 Å². The van der Waals surface area contributed by atoms with Gasteiger partial charge in [-0.3, -0.25) is 24.1 Å². The van der Waals surface area contributed by atoms with Gasteiger partial charge in [0.1, 0.15) is 17.7 Å². The van der Waals surface area contributed by atoms with Gasteiger partial charge in [-0.25, -0.2) is 4.79 Å². The molecule has 0 aromatic rings. The van der Waals surface area contributed by atoms with E-state index in [0.29, 0.717) is 19.4 Å². The average molecular weight is 695 g/mol. The number of amides is 4. The number of likely N-dealkylation sites (N-methyl/N-ethyl adjacent to an activating group) is 1. The van der Waals surface area contributed by atoms with E-state index in [1.165, 1.54) is 14.2 Å². The van der Waals surface area contributed by atoms with Crippen LogP contribution in [0.2, 0.25) is 0 Å². The molecule has 280 valence electrons. The van der Waals surface area contributed by atoms with Crippen molar-refractivity contribution < 1.29 is 43.3 Å². The first-order valence-electron chi connectivity index (χ1n) is 18.0. The van der Waals surface area contributed by atoms with E-state index in [-0.39, 0.29) is 54.0 Å². The number of hydrogen-bond acceptors (Lipinski definition) is 8. The summed E-state index contributed by atoms with van der Waals surface area (Å²) in [6.45, 7) is 15.2. The number of hydrogen-bond donors (Lipinski definition) is 2. The molecule has 13 nitrogen and oxygen atoms in total. The first-order chi connectivity index (χ1) is 22.9. The van der Waals surface area contributed by atoms with Crippen LogP contribution < -0.4 is 5.32 Å². The minimum atomic E-state index is -0.984. The number of carboxylic acids is 1. The van der Waals surface area contributed by atoms with E-state index in [1.54, 1.807) is 49.4 Å². The lowest BCUT2D eigenvalue weighted by Gasteiger charge is -2.41. The van der Waals surface area contributed by atoms with E-state index in [2.05, 4.69) is 5.32 Å². The van der Waals surface area contributed by atoms with Crippen molar-refractivity contribution in [3.8, 4) is 0 Å². The van der Waals surface area contributed by atoms with Crippen LogP contribution in [-0.4, -0.2) is 125 Å². The van der Waals surface area contributed by atoms with Crippen LogP contribution in [0, 0.1) is 23.7 Å². The summed E-state index contributed by atoms with van der Waals surface area (Å²) in [6.07, 6.45) is 2.63. The largest absolute Gasteiger partial charge is 0.481 e. The Morgan fingerprint density at radius 1 is 1.00 bits per heavy atom. The molecule has 3 fully saturated rings. The highest BCUT2D eigenvalue weighted by atomic mass is 16.6. The highest BCUT2D eigenvalue weighted by molar-refractivity contribution is 5.92. The van der Waals surface area contributed by atoms with Crippen molar-refractivity contribution >= 4 is 29.8 Å². The highest BCUT2D eigenvalue weighted by Gasteiger charge is 2.53. The van der Waals surface area contributed by atoms with E-state index in [4.69, 9.17) is 14.2 Å². The van der Waals surface area contributed by atoms with Crippen molar-refractivity contribution in [1.82, 2.24) is 20.0 Å². The van der Waals surface area contributed by atoms with Crippen molar-refractivity contribution in [2.75, 3.05) is 27.8 Å².